The minimum Gasteiger partial charge on any atom is -0.311 e. The molecule has 2 aliphatic rings. The van der Waals surface area contributed by atoms with E-state index in [0.717, 1.165) is 17.1 Å². The molecule has 11 aromatic carbocycles. The zero-order valence-corrected chi connectivity index (χ0v) is 42.1. The van der Waals surface area contributed by atoms with Gasteiger partial charge in [0.05, 0.1) is 27.8 Å². The molecule has 4 nitrogen and oxygen atoms in total. The van der Waals surface area contributed by atoms with Crippen LogP contribution in [0.2, 0.25) is 0 Å². The first-order chi connectivity index (χ1) is 36.9. The summed E-state index contributed by atoms with van der Waals surface area (Å²) in [6, 6.07) is 94.7. The van der Waals surface area contributed by atoms with E-state index in [1.807, 2.05) is 0 Å². The van der Waals surface area contributed by atoms with Gasteiger partial charge in [0.1, 0.15) is 0 Å². The number of hydrogen-bond donors (Lipinski definition) is 0. The van der Waals surface area contributed by atoms with Crippen molar-refractivity contribution in [1.82, 2.24) is 9.13 Å². The first kappa shape index (κ1) is 43.3. The van der Waals surface area contributed by atoms with Crippen LogP contribution in [0.3, 0.4) is 0 Å². The summed E-state index contributed by atoms with van der Waals surface area (Å²) in [5.74, 6) is 0. The lowest BCUT2D eigenvalue weighted by atomic mass is 9.33. The first-order valence-electron chi connectivity index (χ1n) is 26.2. The molecule has 4 heterocycles. The zero-order valence-electron chi connectivity index (χ0n) is 42.1. The lowest BCUT2D eigenvalue weighted by Crippen LogP contribution is -2.61. The third-order valence-corrected chi connectivity index (χ3v) is 16.0. The fourth-order valence-corrected chi connectivity index (χ4v) is 12.7. The fraction of sp³-hybridized carbons (Fsp3) is 0.0571. The van der Waals surface area contributed by atoms with Crippen LogP contribution in [-0.2, 0) is 5.41 Å². The molecule has 354 valence electrons. The summed E-state index contributed by atoms with van der Waals surface area (Å²) in [7, 11) is 0. The van der Waals surface area contributed by atoms with Crippen LogP contribution in [0, 0.1) is 0 Å². The van der Waals surface area contributed by atoms with Crippen LogP contribution in [0.25, 0.3) is 77.2 Å². The van der Waals surface area contributed by atoms with Gasteiger partial charge in [0.15, 0.2) is 0 Å². The van der Waals surface area contributed by atoms with E-state index in [1.54, 1.807) is 0 Å². The van der Waals surface area contributed by atoms with Crippen molar-refractivity contribution in [3.63, 3.8) is 0 Å². The Morgan fingerprint density at radius 3 is 1.36 bits per heavy atom. The summed E-state index contributed by atoms with van der Waals surface area (Å²) in [6.45, 7) is 6.91. The molecular formula is C70H51BN4. The second-order valence-corrected chi connectivity index (χ2v) is 21.2. The number of nitrogens with zero attached hydrogens (tertiary/aromatic N) is 4. The number of para-hydroxylation sites is 6. The number of benzene rings is 11. The molecule has 0 saturated carbocycles. The van der Waals surface area contributed by atoms with Crippen molar-refractivity contribution in [3.05, 3.63) is 260 Å². The van der Waals surface area contributed by atoms with E-state index in [-0.39, 0.29) is 12.1 Å². The van der Waals surface area contributed by atoms with Crippen LogP contribution in [0.15, 0.2) is 255 Å². The lowest BCUT2D eigenvalue weighted by molar-refractivity contribution is 0.590. The van der Waals surface area contributed by atoms with Crippen molar-refractivity contribution >= 4 is 101 Å². The second kappa shape index (κ2) is 16.6. The first-order valence-corrected chi connectivity index (χ1v) is 26.2. The molecule has 0 fully saturated rings. The molecular weight excluding hydrogens is 908 g/mol. The minimum atomic E-state index is -0.156. The Bertz CT molecular complexity index is 4290. The van der Waals surface area contributed by atoms with Gasteiger partial charge in [-0.1, -0.05) is 197 Å². The van der Waals surface area contributed by atoms with Crippen LogP contribution in [0.4, 0.5) is 34.1 Å². The van der Waals surface area contributed by atoms with Gasteiger partial charge in [0.2, 0.25) is 0 Å². The van der Waals surface area contributed by atoms with E-state index in [4.69, 9.17) is 0 Å². The van der Waals surface area contributed by atoms with Crippen LogP contribution in [0.1, 0.15) is 26.3 Å². The number of rotatable bonds is 6. The van der Waals surface area contributed by atoms with E-state index in [1.165, 1.54) is 116 Å². The monoisotopic (exact) mass is 958 g/mol. The third-order valence-electron chi connectivity index (χ3n) is 16.0. The predicted octanol–water partition coefficient (Wildman–Crippen LogP) is 16.6. The maximum Gasteiger partial charge on any atom is 0.253 e. The molecule has 0 unspecified atom stereocenters. The standard InChI is InChI=1S/C70H51BN4/c1-70(2,3)48-43-64-67-65(44-48)73(50-29-14-7-15-30-50)63-45-51(74-58-36-19-16-31-54(58)55-32-17-20-37-59(55)74)39-40-57(63)71(67)68-62(72(64)49-27-12-6-13-28-49)42-41-61-66(68)56-33-18-21-38-60(56)75(61)69-52(46-23-8-4-9-24-46)34-22-35-53(69)47-25-10-5-11-26-47/h4-45H,1-3H3. The Kier molecular flexibility index (Phi) is 9.58. The van der Waals surface area contributed by atoms with Gasteiger partial charge >= 0.3 is 0 Å². The van der Waals surface area contributed by atoms with Gasteiger partial charge in [0.25, 0.3) is 6.71 Å². The zero-order chi connectivity index (χ0) is 49.9. The number of fused-ring (bicyclic) bond motifs is 11. The molecule has 2 aromatic heterocycles. The molecule has 0 amide bonds. The largest absolute Gasteiger partial charge is 0.311 e. The van der Waals surface area contributed by atoms with Crippen molar-refractivity contribution < 1.29 is 0 Å². The number of hydrogen-bond acceptors (Lipinski definition) is 2. The summed E-state index contributed by atoms with van der Waals surface area (Å²) in [6.07, 6.45) is 0. The topological polar surface area (TPSA) is 16.3 Å². The van der Waals surface area contributed by atoms with Crippen molar-refractivity contribution in [1.29, 1.82) is 0 Å². The van der Waals surface area contributed by atoms with Crippen LogP contribution < -0.4 is 26.2 Å². The van der Waals surface area contributed by atoms with Gasteiger partial charge in [-0.25, -0.2) is 0 Å². The highest BCUT2D eigenvalue weighted by Crippen LogP contribution is 2.49. The van der Waals surface area contributed by atoms with Crippen LogP contribution in [0.5, 0.6) is 0 Å². The molecule has 2 aliphatic heterocycles. The van der Waals surface area contributed by atoms with E-state index < -0.39 is 0 Å². The highest BCUT2D eigenvalue weighted by Gasteiger charge is 2.46. The highest BCUT2D eigenvalue weighted by molar-refractivity contribution is 7.02. The normalized spacial score (nSPS) is 12.9. The Morgan fingerprint density at radius 2 is 0.813 bits per heavy atom. The third kappa shape index (κ3) is 6.50. The van der Waals surface area contributed by atoms with E-state index in [0.29, 0.717) is 0 Å². The van der Waals surface area contributed by atoms with Gasteiger partial charge in [-0.15, -0.1) is 0 Å². The van der Waals surface area contributed by atoms with Crippen molar-refractivity contribution in [2.24, 2.45) is 0 Å². The SMILES string of the molecule is CC(C)(C)c1cc2c3c(c1)N(c1ccccc1)c1ccc4c(c1B3c1ccc(-n3c5ccccc5c5ccccc53)cc1N2c1ccccc1)c1ccccc1n4-c1c(-c2ccccc2)cccc1-c1ccccc1. The second-order valence-electron chi connectivity index (χ2n) is 21.2. The van der Waals surface area contributed by atoms with E-state index in [2.05, 4.69) is 294 Å². The summed E-state index contributed by atoms with van der Waals surface area (Å²) in [4.78, 5) is 5.14. The van der Waals surface area contributed by atoms with Crippen molar-refractivity contribution in [3.8, 4) is 33.6 Å². The summed E-state index contributed by atoms with van der Waals surface area (Å²) < 4.78 is 5.04. The van der Waals surface area contributed by atoms with Gasteiger partial charge in [-0.05, 0) is 117 Å². The van der Waals surface area contributed by atoms with Gasteiger partial charge < -0.3 is 18.9 Å². The summed E-state index contributed by atoms with van der Waals surface area (Å²) >= 11 is 0. The lowest BCUT2D eigenvalue weighted by Gasteiger charge is -2.45. The smallest absolute Gasteiger partial charge is 0.253 e. The van der Waals surface area contributed by atoms with Crippen LogP contribution >= 0.6 is 0 Å². The van der Waals surface area contributed by atoms with E-state index in [9.17, 15) is 0 Å². The van der Waals surface area contributed by atoms with Crippen molar-refractivity contribution in [2.75, 3.05) is 9.80 Å². The summed E-state index contributed by atoms with van der Waals surface area (Å²) in [5.41, 5.74) is 23.8. The number of aromatic nitrogens is 2. The highest BCUT2D eigenvalue weighted by atomic mass is 15.2. The maximum atomic E-state index is 2.58. The molecule has 0 saturated heterocycles. The molecule has 15 rings (SSSR count). The van der Waals surface area contributed by atoms with Crippen molar-refractivity contribution in [2.45, 2.75) is 26.2 Å². The molecule has 75 heavy (non-hydrogen) atoms. The molecule has 5 heteroatoms. The van der Waals surface area contributed by atoms with Gasteiger partial charge in [0, 0.05) is 72.5 Å². The quantitative estimate of drug-likeness (QED) is 0.154. The molecule has 0 aliphatic carbocycles. The molecule has 0 N–H and O–H groups in total. The average molecular weight is 959 g/mol. The maximum absolute atomic E-state index is 2.58. The predicted molar refractivity (Wildman–Crippen MR) is 319 cm³/mol. The molecule has 0 radical (unpaired) electrons. The van der Waals surface area contributed by atoms with Crippen LogP contribution in [-0.4, -0.2) is 15.8 Å². The Morgan fingerprint density at radius 1 is 0.333 bits per heavy atom. The fourth-order valence-electron chi connectivity index (χ4n) is 12.7. The Balaban J connectivity index is 1.10. The Hall–Kier alpha value is -9.32. The number of anilines is 6. The summed E-state index contributed by atoms with van der Waals surface area (Å²) in [5, 5.41) is 4.99. The average Bonchev–Trinajstić information content (AvgIpc) is 3.98. The molecule has 0 atom stereocenters. The Labute approximate surface area is 437 Å². The van der Waals surface area contributed by atoms with Gasteiger partial charge in [-0.3, -0.25) is 0 Å². The molecule has 0 spiro atoms. The minimum absolute atomic E-state index is 0.137. The molecule has 13 aromatic rings. The molecule has 0 bridgehead atoms. The van der Waals surface area contributed by atoms with E-state index >= 15 is 0 Å². The van der Waals surface area contributed by atoms with Gasteiger partial charge in [-0.2, -0.15) is 0 Å².